The van der Waals surface area contributed by atoms with E-state index >= 15 is 0 Å². The fourth-order valence-corrected chi connectivity index (χ4v) is 2.86. The molecule has 1 aliphatic carbocycles. The second kappa shape index (κ2) is 3.67. The minimum atomic E-state index is -3.86. The first kappa shape index (κ1) is 12.3. The largest absolute Gasteiger partial charge is 0.390 e. The van der Waals surface area contributed by atoms with Gasteiger partial charge in [0.1, 0.15) is 12.1 Å². The summed E-state index contributed by atoms with van der Waals surface area (Å²) >= 11 is 0. The number of rotatable bonds is 3. The molecule has 0 aromatic rings. The Morgan fingerprint density at radius 1 is 1.59 bits per heavy atom. The zero-order valence-electron chi connectivity index (χ0n) is 9.63. The predicted octanol–water partition coefficient (Wildman–Crippen LogP) is -0.913. The lowest BCUT2D eigenvalue weighted by atomic mass is 10.1. The Kier molecular flexibility index (Phi) is 2.66. The Bertz CT molecular complexity index is 480. The van der Waals surface area contributed by atoms with Gasteiger partial charge in [-0.3, -0.25) is 4.79 Å². The summed E-state index contributed by atoms with van der Waals surface area (Å²) in [5, 5.41) is 11.4. The van der Waals surface area contributed by atoms with Crippen molar-refractivity contribution in [1.29, 1.82) is 0 Å². The van der Waals surface area contributed by atoms with Crippen LogP contribution in [0.15, 0.2) is 5.16 Å². The van der Waals surface area contributed by atoms with Crippen molar-refractivity contribution in [3.63, 3.8) is 0 Å². The van der Waals surface area contributed by atoms with Crippen molar-refractivity contribution in [3.8, 4) is 0 Å². The number of primary sulfonamides is 1. The number of hydrogen-bond acceptors (Lipinski definition) is 5. The Hall–Kier alpha value is -1.15. The van der Waals surface area contributed by atoms with E-state index in [1.165, 1.54) is 0 Å². The van der Waals surface area contributed by atoms with Gasteiger partial charge in [-0.2, -0.15) is 0 Å². The van der Waals surface area contributed by atoms with E-state index in [1.807, 2.05) is 0 Å². The molecule has 0 spiro atoms. The lowest BCUT2D eigenvalue weighted by Gasteiger charge is -2.19. The number of sulfonamides is 1. The third-order valence-electron chi connectivity index (χ3n) is 3.23. The molecule has 7 nitrogen and oxygen atoms in total. The molecule has 0 bridgehead atoms. The molecule has 0 aromatic heterocycles. The van der Waals surface area contributed by atoms with E-state index in [2.05, 4.69) is 10.5 Å². The summed E-state index contributed by atoms with van der Waals surface area (Å²) in [7, 11) is -3.86. The number of oxime groups is 1. The molecule has 0 saturated heterocycles. The number of nitrogens with zero attached hydrogens (tertiary/aromatic N) is 1. The molecular formula is C9H15N3O4S. The van der Waals surface area contributed by atoms with E-state index in [4.69, 9.17) is 9.98 Å². The van der Waals surface area contributed by atoms with Crippen LogP contribution in [0.2, 0.25) is 0 Å². The van der Waals surface area contributed by atoms with Crippen molar-refractivity contribution < 1.29 is 18.0 Å². The first-order valence-electron chi connectivity index (χ1n) is 5.31. The van der Waals surface area contributed by atoms with E-state index in [1.54, 1.807) is 13.8 Å². The normalized spacial score (nSPS) is 30.4. The first-order valence-corrected chi connectivity index (χ1v) is 6.86. The Balaban J connectivity index is 2.11. The summed E-state index contributed by atoms with van der Waals surface area (Å²) in [5.41, 5.74) is 0.621. The Morgan fingerprint density at radius 2 is 2.18 bits per heavy atom. The van der Waals surface area contributed by atoms with Crippen LogP contribution in [0.25, 0.3) is 0 Å². The molecule has 96 valence electrons. The maximum Gasteiger partial charge on any atom is 0.243 e. The number of amides is 1. The van der Waals surface area contributed by atoms with E-state index in [0.29, 0.717) is 5.71 Å². The summed E-state index contributed by atoms with van der Waals surface area (Å²) in [4.78, 5) is 16.9. The van der Waals surface area contributed by atoms with Crippen molar-refractivity contribution in [2.75, 3.05) is 0 Å². The molecule has 17 heavy (non-hydrogen) atoms. The summed E-state index contributed by atoms with van der Waals surface area (Å²) in [6.07, 6.45) is 0.251. The average Bonchev–Trinajstić information content (AvgIpc) is 2.96. The lowest BCUT2D eigenvalue weighted by Crippen LogP contribution is -2.52. The minimum Gasteiger partial charge on any atom is -0.390 e. The van der Waals surface area contributed by atoms with E-state index < -0.39 is 20.7 Å². The highest BCUT2D eigenvalue weighted by molar-refractivity contribution is 7.91. The number of nitrogens with one attached hydrogen (secondary N) is 1. The molecule has 3 N–H and O–H groups in total. The zero-order valence-corrected chi connectivity index (χ0v) is 10.5. The van der Waals surface area contributed by atoms with Crippen LogP contribution < -0.4 is 10.5 Å². The summed E-state index contributed by atoms with van der Waals surface area (Å²) in [6, 6.07) is -0.387. The number of hydrogen-bond donors (Lipinski definition) is 2. The van der Waals surface area contributed by atoms with Crippen LogP contribution in [0.3, 0.4) is 0 Å². The van der Waals surface area contributed by atoms with E-state index in [-0.39, 0.29) is 25.0 Å². The van der Waals surface area contributed by atoms with Gasteiger partial charge < -0.3 is 10.2 Å². The van der Waals surface area contributed by atoms with Gasteiger partial charge in [-0.25, -0.2) is 13.6 Å². The van der Waals surface area contributed by atoms with Crippen LogP contribution in [0.4, 0.5) is 0 Å². The molecule has 1 saturated carbocycles. The zero-order chi connectivity index (χ0) is 12.8. The van der Waals surface area contributed by atoms with Crippen molar-refractivity contribution in [2.45, 2.75) is 43.6 Å². The maximum absolute atomic E-state index is 11.9. The van der Waals surface area contributed by atoms with Crippen molar-refractivity contribution in [1.82, 2.24) is 5.32 Å². The first-order chi connectivity index (χ1) is 7.78. The van der Waals surface area contributed by atoms with Crippen molar-refractivity contribution in [2.24, 2.45) is 10.3 Å². The van der Waals surface area contributed by atoms with E-state index in [0.717, 1.165) is 0 Å². The van der Waals surface area contributed by atoms with Gasteiger partial charge in [0.25, 0.3) is 0 Å². The molecule has 1 aliphatic heterocycles. The second-order valence-electron chi connectivity index (χ2n) is 4.53. The van der Waals surface area contributed by atoms with E-state index in [9.17, 15) is 13.2 Å². The minimum absolute atomic E-state index is 0.274. The highest BCUT2D eigenvalue weighted by Crippen LogP contribution is 2.42. The highest BCUT2D eigenvalue weighted by atomic mass is 32.2. The molecule has 1 amide bonds. The van der Waals surface area contributed by atoms with Crippen LogP contribution >= 0.6 is 0 Å². The third-order valence-corrected chi connectivity index (χ3v) is 4.91. The smallest absolute Gasteiger partial charge is 0.243 e. The molecule has 1 heterocycles. The molecule has 2 aliphatic rings. The Morgan fingerprint density at radius 3 is 2.53 bits per heavy atom. The topological polar surface area (TPSA) is 111 Å². The van der Waals surface area contributed by atoms with Gasteiger partial charge in [0.2, 0.25) is 15.9 Å². The van der Waals surface area contributed by atoms with Crippen molar-refractivity contribution in [3.05, 3.63) is 0 Å². The highest BCUT2D eigenvalue weighted by Gasteiger charge is 2.60. The number of carbonyl (C=O) groups excluding carboxylic acids is 1. The fourth-order valence-electron chi connectivity index (χ4n) is 1.87. The van der Waals surface area contributed by atoms with Gasteiger partial charge in [0.05, 0.1) is 5.71 Å². The molecule has 2 rings (SSSR count). The predicted molar refractivity (Wildman–Crippen MR) is 60.7 cm³/mol. The van der Waals surface area contributed by atoms with Gasteiger partial charge in [-0.1, -0.05) is 5.16 Å². The van der Waals surface area contributed by atoms with Crippen LogP contribution in [0.5, 0.6) is 0 Å². The van der Waals surface area contributed by atoms with Crippen LogP contribution in [-0.2, 0) is 19.7 Å². The molecule has 8 heteroatoms. The average molecular weight is 261 g/mol. The number of carbonyl (C=O) groups is 1. The molecule has 2 unspecified atom stereocenters. The van der Waals surface area contributed by atoms with Gasteiger partial charge in [0, 0.05) is 0 Å². The van der Waals surface area contributed by atoms with Gasteiger partial charge in [-0.15, -0.1) is 0 Å². The quantitative estimate of drug-likeness (QED) is 0.684. The molecular weight excluding hydrogens is 246 g/mol. The number of nitrogens with two attached hydrogens (primary N) is 1. The molecule has 0 aromatic carbocycles. The Labute approximate surface area is 99.4 Å². The second-order valence-corrected chi connectivity index (χ2v) is 6.41. The van der Waals surface area contributed by atoms with Gasteiger partial charge in [-0.05, 0) is 26.7 Å². The standard InChI is InChI=1S/C9H15N3O4S/c1-5-7(6(2)16-12-5)11-8(13)9(3-4-9)17(10,14)15/h6-7H,3-4H2,1-2H3,(H,11,13)(H2,10,14,15). The summed E-state index contributed by atoms with van der Waals surface area (Å²) in [6.45, 7) is 3.46. The maximum atomic E-state index is 11.9. The summed E-state index contributed by atoms with van der Waals surface area (Å²) < 4.78 is 21.3. The van der Waals surface area contributed by atoms with Gasteiger partial charge in [0.15, 0.2) is 4.75 Å². The van der Waals surface area contributed by atoms with Crippen LogP contribution in [0, 0.1) is 0 Å². The van der Waals surface area contributed by atoms with Gasteiger partial charge >= 0.3 is 0 Å². The molecule has 2 atom stereocenters. The monoisotopic (exact) mass is 261 g/mol. The lowest BCUT2D eigenvalue weighted by molar-refractivity contribution is -0.122. The summed E-state index contributed by atoms with van der Waals surface area (Å²) in [5.74, 6) is -0.558. The van der Waals surface area contributed by atoms with Crippen molar-refractivity contribution >= 4 is 21.6 Å². The molecule has 0 radical (unpaired) electrons. The third kappa shape index (κ3) is 1.91. The van der Waals surface area contributed by atoms with Crippen LogP contribution in [-0.4, -0.2) is 36.9 Å². The van der Waals surface area contributed by atoms with Crippen LogP contribution in [0.1, 0.15) is 26.7 Å². The molecule has 1 fully saturated rings. The SMILES string of the molecule is CC1=NOC(C)C1NC(=O)C1(S(N)(=O)=O)CC1. The fraction of sp³-hybridized carbons (Fsp3) is 0.778.